The standard InChI is InChI=1S/C11H20N2O/c1-11(6-3-7-12-8-11)10(14)13(2)9-4-5-9/h9,12H,3-8H2,1-2H3. The lowest BCUT2D eigenvalue weighted by Gasteiger charge is -2.36. The van der Waals surface area contributed by atoms with E-state index in [2.05, 4.69) is 12.2 Å². The molecule has 0 aromatic rings. The van der Waals surface area contributed by atoms with E-state index >= 15 is 0 Å². The quantitative estimate of drug-likeness (QED) is 0.714. The third-order valence-electron chi connectivity index (χ3n) is 3.53. The molecular formula is C11H20N2O. The van der Waals surface area contributed by atoms with Crippen LogP contribution < -0.4 is 5.32 Å². The summed E-state index contributed by atoms with van der Waals surface area (Å²) in [6.07, 6.45) is 4.56. The maximum Gasteiger partial charge on any atom is 0.229 e. The van der Waals surface area contributed by atoms with Crippen molar-refractivity contribution in [2.24, 2.45) is 5.41 Å². The summed E-state index contributed by atoms with van der Waals surface area (Å²) >= 11 is 0. The first-order valence-electron chi connectivity index (χ1n) is 5.61. The summed E-state index contributed by atoms with van der Waals surface area (Å²) in [6.45, 7) is 4.01. The molecule has 2 rings (SSSR count). The molecular weight excluding hydrogens is 176 g/mol. The summed E-state index contributed by atoms with van der Waals surface area (Å²) in [5.74, 6) is 0.340. The predicted molar refractivity (Wildman–Crippen MR) is 56.0 cm³/mol. The summed E-state index contributed by atoms with van der Waals surface area (Å²) in [4.78, 5) is 14.2. The molecule has 0 spiro atoms. The second-order valence-corrected chi connectivity index (χ2v) is 4.99. The van der Waals surface area contributed by atoms with Crippen LogP contribution in [0.5, 0.6) is 0 Å². The van der Waals surface area contributed by atoms with Crippen LogP contribution in [0.25, 0.3) is 0 Å². The first-order valence-corrected chi connectivity index (χ1v) is 5.61. The molecule has 1 N–H and O–H groups in total. The monoisotopic (exact) mass is 196 g/mol. The van der Waals surface area contributed by atoms with Gasteiger partial charge < -0.3 is 10.2 Å². The van der Waals surface area contributed by atoms with Crippen molar-refractivity contribution in [2.45, 2.75) is 38.6 Å². The van der Waals surface area contributed by atoms with Crippen molar-refractivity contribution in [2.75, 3.05) is 20.1 Å². The molecule has 80 valence electrons. The van der Waals surface area contributed by atoms with Crippen molar-refractivity contribution < 1.29 is 4.79 Å². The van der Waals surface area contributed by atoms with Gasteiger partial charge in [0.2, 0.25) is 5.91 Å². The Kier molecular flexibility index (Phi) is 2.52. The Morgan fingerprint density at radius 2 is 2.21 bits per heavy atom. The summed E-state index contributed by atoms with van der Waals surface area (Å²) < 4.78 is 0. The molecule has 1 atom stereocenters. The van der Waals surface area contributed by atoms with Crippen LogP contribution >= 0.6 is 0 Å². The summed E-state index contributed by atoms with van der Waals surface area (Å²) in [5.41, 5.74) is -0.143. The molecule has 2 fully saturated rings. The highest BCUT2D eigenvalue weighted by Crippen LogP contribution is 2.33. The summed E-state index contributed by atoms with van der Waals surface area (Å²) in [6, 6.07) is 0.543. The molecule has 0 aromatic heterocycles. The fourth-order valence-electron chi connectivity index (χ4n) is 2.29. The molecule has 0 radical (unpaired) electrons. The zero-order valence-corrected chi connectivity index (χ0v) is 9.18. The molecule has 1 saturated carbocycles. The number of nitrogens with zero attached hydrogens (tertiary/aromatic N) is 1. The van der Waals surface area contributed by atoms with E-state index in [1.807, 2.05) is 11.9 Å². The maximum atomic E-state index is 12.2. The van der Waals surface area contributed by atoms with E-state index in [9.17, 15) is 4.79 Å². The fraction of sp³-hybridized carbons (Fsp3) is 0.909. The van der Waals surface area contributed by atoms with Crippen molar-refractivity contribution in [1.82, 2.24) is 10.2 Å². The molecule has 14 heavy (non-hydrogen) atoms. The van der Waals surface area contributed by atoms with Gasteiger partial charge in [-0.25, -0.2) is 0 Å². The molecule has 1 amide bonds. The largest absolute Gasteiger partial charge is 0.342 e. The molecule has 1 saturated heterocycles. The molecule has 1 aliphatic heterocycles. The van der Waals surface area contributed by atoms with Crippen LogP contribution in [0.2, 0.25) is 0 Å². The minimum atomic E-state index is -0.143. The van der Waals surface area contributed by atoms with E-state index in [0.29, 0.717) is 11.9 Å². The summed E-state index contributed by atoms with van der Waals surface area (Å²) in [5, 5.41) is 3.32. The zero-order valence-electron chi connectivity index (χ0n) is 9.18. The topological polar surface area (TPSA) is 32.3 Å². The van der Waals surface area contributed by atoms with Gasteiger partial charge in [-0.3, -0.25) is 4.79 Å². The Morgan fingerprint density at radius 1 is 1.50 bits per heavy atom. The molecule has 3 nitrogen and oxygen atoms in total. The number of amides is 1. The van der Waals surface area contributed by atoms with Gasteiger partial charge >= 0.3 is 0 Å². The van der Waals surface area contributed by atoms with Crippen LogP contribution in [0.1, 0.15) is 32.6 Å². The van der Waals surface area contributed by atoms with Gasteiger partial charge in [0.15, 0.2) is 0 Å². The summed E-state index contributed by atoms with van der Waals surface area (Å²) in [7, 11) is 1.96. The molecule has 1 aliphatic carbocycles. The minimum Gasteiger partial charge on any atom is -0.342 e. The van der Waals surface area contributed by atoms with Gasteiger partial charge in [0.25, 0.3) is 0 Å². The molecule has 3 heteroatoms. The number of piperidine rings is 1. The lowest BCUT2D eigenvalue weighted by Crippen LogP contribution is -2.49. The third-order valence-corrected chi connectivity index (χ3v) is 3.53. The van der Waals surface area contributed by atoms with E-state index in [0.717, 1.165) is 25.9 Å². The Hall–Kier alpha value is -0.570. The van der Waals surface area contributed by atoms with Gasteiger partial charge in [-0.05, 0) is 39.2 Å². The van der Waals surface area contributed by atoms with Crippen LogP contribution in [0.15, 0.2) is 0 Å². The van der Waals surface area contributed by atoms with E-state index < -0.39 is 0 Å². The average Bonchev–Trinajstić information content (AvgIpc) is 3.00. The van der Waals surface area contributed by atoms with Crippen molar-refractivity contribution >= 4 is 5.91 Å². The van der Waals surface area contributed by atoms with Crippen molar-refractivity contribution in [3.05, 3.63) is 0 Å². The van der Waals surface area contributed by atoms with Crippen LogP contribution in [-0.2, 0) is 4.79 Å². The molecule has 1 unspecified atom stereocenters. The first-order chi connectivity index (χ1) is 6.63. The Labute approximate surface area is 85.8 Å². The molecule has 2 aliphatic rings. The molecule has 0 aromatic carbocycles. The van der Waals surface area contributed by atoms with Crippen LogP contribution in [-0.4, -0.2) is 37.0 Å². The van der Waals surface area contributed by atoms with Crippen LogP contribution in [0.4, 0.5) is 0 Å². The minimum absolute atomic E-state index is 0.143. The predicted octanol–water partition coefficient (Wildman–Crippen LogP) is 0.997. The highest BCUT2D eigenvalue weighted by molar-refractivity contribution is 5.83. The highest BCUT2D eigenvalue weighted by atomic mass is 16.2. The van der Waals surface area contributed by atoms with Gasteiger partial charge in [-0.15, -0.1) is 0 Å². The SMILES string of the molecule is CN(C(=O)C1(C)CCCNC1)C1CC1. The number of rotatable bonds is 2. The number of carbonyl (C=O) groups is 1. The smallest absolute Gasteiger partial charge is 0.229 e. The average molecular weight is 196 g/mol. The van der Waals surface area contributed by atoms with E-state index in [4.69, 9.17) is 0 Å². The van der Waals surface area contributed by atoms with Crippen LogP contribution in [0, 0.1) is 5.41 Å². The number of hydrogen-bond donors (Lipinski definition) is 1. The lowest BCUT2D eigenvalue weighted by molar-refractivity contribution is -0.141. The maximum absolute atomic E-state index is 12.2. The fourth-order valence-corrected chi connectivity index (χ4v) is 2.29. The first kappa shape index (κ1) is 9.97. The Balaban J connectivity index is 2.00. The van der Waals surface area contributed by atoms with Gasteiger partial charge in [-0.1, -0.05) is 0 Å². The Morgan fingerprint density at radius 3 is 2.71 bits per heavy atom. The van der Waals surface area contributed by atoms with Gasteiger partial charge in [-0.2, -0.15) is 0 Å². The molecule has 0 bridgehead atoms. The van der Waals surface area contributed by atoms with Crippen molar-refractivity contribution in [3.63, 3.8) is 0 Å². The van der Waals surface area contributed by atoms with E-state index in [1.165, 1.54) is 12.8 Å². The second kappa shape index (κ2) is 3.54. The normalized spacial score (nSPS) is 32.7. The van der Waals surface area contributed by atoms with Crippen LogP contribution in [0.3, 0.4) is 0 Å². The van der Waals surface area contributed by atoms with E-state index in [1.54, 1.807) is 0 Å². The number of carbonyl (C=O) groups excluding carboxylic acids is 1. The second-order valence-electron chi connectivity index (χ2n) is 4.99. The number of hydrogen-bond acceptors (Lipinski definition) is 2. The van der Waals surface area contributed by atoms with Crippen molar-refractivity contribution in [3.8, 4) is 0 Å². The molecule has 1 heterocycles. The lowest BCUT2D eigenvalue weighted by atomic mass is 9.81. The highest BCUT2D eigenvalue weighted by Gasteiger charge is 2.40. The third kappa shape index (κ3) is 1.78. The Bertz CT molecular complexity index is 229. The zero-order chi connectivity index (χ0) is 10.2. The van der Waals surface area contributed by atoms with E-state index in [-0.39, 0.29) is 5.41 Å². The van der Waals surface area contributed by atoms with Gasteiger partial charge in [0.05, 0.1) is 5.41 Å². The number of nitrogens with one attached hydrogen (secondary N) is 1. The van der Waals surface area contributed by atoms with Crippen molar-refractivity contribution in [1.29, 1.82) is 0 Å². The van der Waals surface area contributed by atoms with Gasteiger partial charge in [0, 0.05) is 19.6 Å². The van der Waals surface area contributed by atoms with Gasteiger partial charge in [0.1, 0.15) is 0 Å².